The zero-order valence-electron chi connectivity index (χ0n) is 10.5. The number of aromatic nitrogens is 2. The molecule has 1 heterocycles. The molecule has 2 rings (SSSR count). The van der Waals surface area contributed by atoms with Crippen LogP contribution in [0, 0.1) is 0 Å². The van der Waals surface area contributed by atoms with Crippen molar-refractivity contribution in [3.05, 3.63) is 46.3 Å². The fourth-order valence-corrected chi connectivity index (χ4v) is 2.18. The normalized spacial score (nSPS) is 21.9. The standard InChI is InChI=1S/C13H11ClN2O4/c1-7-4-5-13(12(19)20,6-8(7)11(17)18)9-2-3-10(14)16-15-9/h2-5H,6H2,1H3,(H,17,18)(H,19,20). The molecule has 0 radical (unpaired) electrons. The summed E-state index contributed by atoms with van der Waals surface area (Å²) in [4.78, 5) is 22.9. The van der Waals surface area contributed by atoms with Crippen molar-refractivity contribution in [3.8, 4) is 0 Å². The third kappa shape index (κ3) is 2.30. The average molecular weight is 295 g/mol. The van der Waals surface area contributed by atoms with Gasteiger partial charge in [0.1, 0.15) is 5.41 Å². The summed E-state index contributed by atoms with van der Waals surface area (Å²) in [6.07, 6.45) is 2.74. The third-order valence-electron chi connectivity index (χ3n) is 3.28. The second kappa shape index (κ2) is 5.05. The molecule has 1 aliphatic rings. The van der Waals surface area contributed by atoms with Gasteiger partial charge in [-0.15, -0.1) is 5.10 Å². The Bertz CT molecular complexity index is 636. The van der Waals surface area contributed by atoms with Crippen molar-refractivity contribution >= 4 is 23.5 Å². The number of carbonyl (C=O) groups is 2. The number of carboxylic acid groups (broad SMARTS) is 2. The first kappa shape index (κ1) is 14.2. The Morgan fingerprint density at radius 1 is 1.30 bits per heavy atom. The van der Waals surface area contributed by atoms with Gasteiger partial charge in [0.25, 0.3) is 0 Å². The van der Waals surface area contributed by atoms with Crippen LogP contribution in [0.15, 0.2) is 35.4 Å². The molecule has 6 nitrogen and oxygen atoms in total. The van der Waals surface area contributed by atoms with E-state index >= 15 is 0 Å². The Hall–Kier alpha value is -2.21. The summed E-state index contributed by atoms with van der Waals surface area (Å²) in [6, 6.07) is 2.86. The molecule has 0 saturated heterocycles. The van der Waals surface area contributed by atoms with Gasteiger partial charge in [0, 0.05) is 12.0 Å². The number of allylic oxidation sites excluding steroid dienone is 2. The molecule has 0 fully saturated rings. The van der Waals surface area contributed by atoms with E-state index in [4.69, 9.17) is 11.6 Å². The maximum Gasteiger partial charge on any atom is 0.331 e. The lowest BCUT2D eigenvalue weighted by Crippen LogP contribution is -2.38. The van der Waals surface area contributed by atoms with Crippen LogP contribution in [-0.4, -0.2) is 32.3 Å². The van der Waals surface area contributed by atoms with E-state index in [1.54, 1.807) is 6.92 Å². The molecule has 1 aliphatic carbocycles. The molecule has 0 aromatic carbocycles. The molecule has 1 aromatic heterocycles. The van der Waals surface area contributed by atoms with Crippen LogP contribution in [0.25, 0.3) is 0 Å². The van der Waals surface area contributed by atoms with Crippen molar-refractivity contribution in [3.63, 3.8) is 0 Å². The van der Waals surface area contributed by atoms with Crippen LogP contribution in [0.4, 0.5) is 0 Å². The molecule has 20 heavy (non-hydrogen) atoms. The Morgan fingerprint density at radius 3 is 2.50 bits per heavy atom. The minimum Gasteiger partial charge on any atom is -0.480 e. The van der Waals surface area contributed by atoms with Crippen LogP contribution in [0.3, 0.4) is 0 Å². The van der Waals surface area contributed by atoms with E-state index in [2.05, 4.69) is 10.2 Å². The summed E-state index contributed by atoms with van der Waals surface area (Å²) in [5.41, 5.74) is -0.815. The van der Waals surface area contributed by atoms with Crippen LogP contribution in [0.1, 0.15) is 19.0 Å². The lowest BCUT2D eigenvalue weighted by Gasteiger charge is -2.28. The summed E-state index contributed by atoms with van der Waals surface area (Å²) in [5, 5.41) is 26.2. The van der Waals surface area contributed by atoms with Crippen molar-refractivity contribution in [2.24, 2.45) is 0 Å². The van der Waals surface area contributed by atoms with E-state index in [1.165, 1.54) is 24.3 Å². The van der Waals surface area contributed by atoms with Gasteiger partial charge in [-0.1, -0.05) is 23.8 Å². The second-order valence-electron chi connectivity index (χ2n) is 4.49. The molecule has 7 heteroatoms. The van der Waals surface area contributed by atoms with Crippen molar-refractivity contribution in [2.75, 3.05) is 0 Å². The van der Waals surface area contributed by atoms with Gasteiger partial charge in [-0.25, -0.2) is 4.79 Å². The summed E-state index contributed by atoms with van der Waals surface area (Å²) < 4.78 is 0. The largest absolute Gasteiger partial charge is 0.480 e. The van der Waals surface area contributed by atoms with Crippen molar-refractivity contribution in [2.45, 2.75) is 18.8 Å². The van der Waals surface area contributed by atoms with E-state index < -0.39 is 17.4 Å². The predicted octanol–water partition coefficient (Wildman–Crippen LogP) is 1.81. The van der Waals surface area contributed by atoms with Gasteiger partial charge in [-0.3, -0.25) is 4.79 Å². The molecule has 1 atom stereocenters. The lowest BCUT2D eigenvalue weighted by atomic mass is 9.74. The molecule has 0 amide bonds. The first-order valence-corrected chi connectivity index (χ1v) is 6.10. The quantitative estimate of drug-likeness (QED) is 0.882. The van der Waals surface area contributed by atoms with E-state index in [1.807, 2.05) is 0 Å². The van der Waals surface area contributed by atoms with Crippen LogP contribution in [0.5, 0.6) is 0 Å². The number of halogens is 1. The maximum atomic E-state index is 11.7. The van der Waals surface area contributed by atoms with Crippen molar-refractivity contribution in [1.29, 1.82) is 0 Å². The fraction of sp³-hybridized carbons (Fsp3) is 0.231. The van der Waals surface area contributed by atoms with Gasteiger partial charge in [0.15, 0.2) is 5.15 Å². The Kier molecular flexibility index (Phi) is 3.59. The van der Waals surface area contributed by atoms with Gasteiger partial charge in [-0.05, 0) is 24.6 Å². The molecule has 0 bridgehead atoms. The van der Waals surface area contributed by atoms with E-state index in [-0.39, 0.29) is 22.8 Å². The zero-order valence-corrected chi connectivity index (χ0v) is 11.3. The Balaban J connectivity index is 2.55. The number of carboxylic acids is 2. The summed E-state index contributed by atoms with van der Waals surface area (Å²) in [5.74, 6) is -2.32. The first-order valence-electron chi connectivity index (χ1n) is 5.72. The summed E-state index contributed by atoms with van der Waals surface area (Å²) in [6.45, 7) is 1.62. The van der Waals surface area contributed by atoms with Crippen molar-refractivity contribution < 1.29 is 19.8 Å². The zero-order chi connectivity index (χ0) is 14.9. The first-order chi connectivity index (χ1) is 9.36. The number of nitrogens with zero attached hydrogens (tertiary/aromatic N) is 2. The highest BCUT2D eigenvalue weighted by molar-refractivity contribution is 6.29. The van der Waals surface area contributed by atoms with Gasteiger partial charge in [-0.2, -0.15) is 5.10 Å². The molecule has 2 N–H and O–H groups in total. The topological polar surface area (TPSA) is 100 Å². The highest BCUT2D eigenvalue weighted by atomic mass is 35.5. The fourth-order valence-electron chi connectivity index (χ4n) is 2.08. The Morgan fingerprint density at radius 2 is 2.00 bits per heavy atom. The maximum absolute atomic E-state index is 11.7. The highest BCUT2D eigenvalue weighted by Crippen LogP contribution is 2.37. The van der Waals surface area contributed by atoms with E-state index in [0.29, 0.717) is 5.57 Å². The molecule has 0 aliphatic heterocycles. The average Bonchev–Trinajstić information content (AvgIpc) is 2.40. The van der Waals surface area contributed by atoms with Crippen molar-refractivity contribution in [1.82, 2.24) is 10.2 Å². The van der Waals surface area contributed by atoms with Gasteiger partial charge in [0.05, 0.1) is 5.69 Å². The van der Waals surface area contributed by atoms with Crippen LogP contribution in [-0.2, 0) is 15.0 Å². The third-order valence-corrected chi connectivity index (χ3v) is 3.48. The van der Waals surface area contributed by atoms with Gasteiger partial charge in [0.2, 0.25) is 0 Å². The predicted molar refractivity (Wildman–Crippen MR) is 70.4 cm³/mol. The van der Waals surface area contributed by atoms with Gasteiger partial charge >= 0.3 is 11.9 Å². The minimum absolute atomic E-state index is 0.0478. The highest BCUT2D eigenvalue weighted by Gasteiger charge is 2.43. The molecular weight excluding hydrogens is 284 g/mol. The number of rotatable bonds is 3. The number of hydrogen-bond acceptors (Lipinski definition) is 4. The van der Waals surface area contributed by atoms with Gasteiger partial charge < -0.3 is 10.2 Å². The minimum atomic E-state index is -1.54. The smallest absolute Gasteiger partial charge is 0.331 e. The van der Waals surface area contributed by atoms with Crippen LogP contribution < -0.4 is 0 Å². The number of hydrogen-bond donors (Lipinski definition) is 2. The lowest BCUT2D eigenvalue weighted by molar-refractivity contribution is -0.142. The van der Waals surface area contributed by atoms with E-state index in [0.717, 1.165) is 0 Å². The van der Waals surface area contributed by atoms with E-state index in [9.17, 15) is 19.8 Å². The van der Waals surface area contributed by atoms with Crippen LogP contribution >= 0.6 is 11.6 Å². The number of aliphatic carboxylic acids is 2. The molecule has 0 spiro atoms. The molecule has 1 unspecified atom stereocenters. The Labute approximate surface area is 119 Å². The molecule has 104 valence electrons. The van der Waals surface area contributed by atoms with Crippen LogP contribution in [0.2, 0.25) is 5.15 Å². The monoisotopic (exact) mass is 294 g/mol. The molecular formula is C13H11ClN2O4. The molecule has 1 aromatic rings. The SMILES string of the molecule is CC1=C(C(=O)O)CC(C(=O)O)(c2ccc(Cl)nn2)C=C1. The summed E-state index contributed by atoms with van der Waals surface area (Å²) in [7, 11) is 0. The second-order valence-corrected chi connectivity index (χ2v) is 4.88. The molecule has 0 saturated carbocycles. The summed E-state index contributed by atoms with van der Waals surface area (Å²) >= 11 is 5.64.